The highest BCUT2D eigenvalue weighted by molar-refractivity contribution is 7.99. The molecular weight excluding hydrogens is 506 g/mol. The number of amides is 1. The summed E-state index contributed by atoms with van der Waals surface area (Å²) >= 11 is 1.77. The van der Waals surface area contributed by atoms with Gasteiger partial charge in [0.25, 0.3) is 5.91 Å². The zero-order chi connectivity index (χ0) is 27.8. The van der Waals surface area contributed by atoms with Gasteiger partial charge in [-0.2, -0.15) is 0 Å². The summed E-state index contributed by atoms with van der Waals surface area (Å²) < 4.78 is 12.9. The molecule has 0 aliphatic carbocycles. The van der Waals surface area contributed by atoms with Gasteiger partial charge in [-0.25, -0.2) is 4.98 Å². The number of imidazole rings is 1. The van der Waals surface area contributed by atoms with Gasteiger partial charge < -0.3 is 19.4 Å². The first-order valence-electron chi connectivity index (χ1n) is 13.3. The number of nitrogens with one attached hydrogen (secondary N) is 1. The van der Waals surface area contributed by atoms with Crippen LogP contribution in [0.25, 0.3) is 22.5 Å². The van der Waals surface area contributed by atoms with Crippen molar-refractivity contribution in [3.05, 3.63) is 83.4 Å². The molecule has 0 atom stereocenters. The van der Waals surface area contributed by atoms with E-state index in [1.165, 1.54) is 16.7 Å². The van der Waals surface area contributed by atoms with E-state index in [2.05, 4.69) is 79.2 Å². The fourth-order valence-electron chi connectivity index (χ4n) is 4.39. The molecule has 0 saturated carbocycles. The molecule has 0 bridgehead atoms. The number of benzene rings is 3. The van der Waals surface area contributed by atoms with Crippen LogP contribution in [0, 0.1) is 13.8 Å². The van der Waals surface area contributed by atoms with E-state index in [-0.39, 0.29) is 5.91 Å². The maximum atomic E-state index is 12.6. The predicted molar refractivity (Wildman–Crippen MR) is 160 cm³/mol. The van der Waals surface area contributed by atoms with Crippen LogP contribution in [-0.2, 0) is 6.54 Å². The maximum absolute atomic E-state index is 12.6. The molecule has 6 nitrogen and oxygen atoms in total. The summed E-state index contributed by atoms with van der Waals surface area (Å²) in [7, 11) is 3.15. The molecule has 1 heterocycles. The standard InChI is InChI=1S/C32H37N3O3S/c1-6-35-30(25-15-11-23(3)12-16-25)29(24-13-9-22(2)10-14-24)34-32(35)39-18-8-7-17-33-31(36)26-19-27(37-4)21-28(20-26)38-5/h9-16,19-21H,6-8,17-18H2,1-5H3,(H,33,36). The number of thioether (sulfide) groups is 1. The molecule has 0 fully saturated rings. The van der Waals surface area contributed by atoms with Crippen molar-refractivity contribution in [2.75, 3.05) is 26.5 Å². The van der Waals surface area contributed by atoms with Gasteiger partial charge in [0.15, 0.2) is 5.16 Å². The number of methoxy groups -OCH3 is 2. The van der Waals surface area contributed by atoms with Crippen molar-refractivity contribution in [2.45, 2.75) is 45.3 Å². The summed E-state index contributed by atoms with van der Waals surface area (Å²) in [6.45, 7) is 7.83. The van der Waals surface area contributed by atoms with Crippen molar-refractivity contribution in [3.8, 4) is 34.0 Å². The second-order valence-electron chi connectivity index (χ2n) is 9.48. The lowest BCUT2D eigenvalue weighted by molar-refractivity contribution is 0.0952. The van der Waals surface area contributed by atoms with Crippen molar-refractivity contribution < 1.29 is 14.3 Å². The van der Waals surface area contributed by atoms with Crippen LogP contribution in [0.4, 0.5) is 0 Å². The molecule has 4 aromatic rings. The number of carbonyl (C=O) groups excluding carboxylic acids is 1. The SMILES string of the molecule is CCn1c(SCCCCNC(=O)c2cc(OC)cc(OC)c2)nc(-c2ccc(C)cc2)c1-c1ccc(C)cc1. The minimum Gasteiger partial charge on any atom is -0.497 e. The van der Waals surface area contributed by atoms with Crippen molar-refractivity contribution in [1.29, 1.82) is 0 Å². The molecule has 1 amide bonds. The van der Waals surface area contributed by atoms with Crippen LogP contribution in [0.3, 0.4) is 0 Å². The number of hydrogen-bond donors (Lipinski definition) is 1. The van der Waals surface area contributed by atoms with Gasteiger partial charge in [-0.3, -0.25) is 4.79 Å². The lowest BCUT2D eigenvalue weighted by Crippen LogP contribution is -2.24. The third kappa shape index (κ3) is 7.03. The number of ether oxygens (including phenoxy) is 2. The Balaban J connectivity index is 1.41. The van der Waals surface area contributed by atoms with Gasteiger partial charge in [-0.15, -0.1) is 0 Å². The van der Waals surface area contributed by atoms with Gasteiger partial charge in [0.2, 0.25) is 0 Å². The maximum Gasteiger partial charge on any atom is 0.251 e. The number of aryl methyl sites for hydroxylation is 2. The minimum atomic E-state index is -0.133. The first-order chi connectivity index (χ1) is 18.9. The summed E-state index contributed by atoms with van der Waals surface area (Å²) in [5.74, 6) is 1.97. The van der Waals surface area contributed by atoms with E-state index < -0.39 is 0 Å². The molecule has 0 unspecified atom stereocenters. The lowest BCUT2D eigenvalue weighted by atomic mass is 10.0. The summed E-state index contributed by atoms with van der Waals surface area (Å²) in [6.07, 6.45) is 1.84. The van der Waals surface area contributed by atoms with Crippen LogP contribution in [0.2, 0.25) is 0 Å². The summed E-state index contributed by atoms with van der Waals surface area (Å²) in [5.41, 5.74) is 7.48. The molecule has 0 saturated heterocycles. The molecule has 4 rings (SSSR count). The predicted octanol–water partition coefficient (Wildman–Crippen LogP) is 7.17. The quantitative estimate of drug-likeness (QED) is 0.152. The second-order valence-corrected chi connectivity index (χ2v) is 10.5. The smallest absolute Gasteiger partial charge is 0.251 e. The third-order valence-electron chi connectivity index (χ3n) is 6.60. The highest BCUT2D eigenvalue weighted by atomic mass is 32.2. The van der Waals surface area contributed by atoms with Crippen LogP contribution < -0.4 is 14.8 Å². The van der Waals surface area contributed by atoms with Crippen LogP contribution >= 0.6 is 11.8 Å². The summed E-state index contributed by atoms with van der Waals surface area (Å²) in [6, 6.07) is 22.5. The van der Waals surface area contributed by atoms with E-state index in [1.54, 1.807) is 44.2 Å². The normalized spacial score (nSPS) is 10.9. The molecule has 0 spiro atoms. The molecular formula is C32H37N3O3S. The molecule has 204 valence electrons. The number of aromatic nitrogens is 2. The molecule has 3 aromatic carbocycles. The van der Waals surface area contributed by atoms with Crippen LogP contribution in [0.15, 0.2) is 71.9 Å². The number of carbonyl (C=O) groups is 1. The molecule has 1 N–H and O–H groups in total. The summed E-state index contributed by atoms with van der Waals surface area (Å²) in [5, 5.41) is 4.03. The highest BCUT2D eigenvalue weighted by Crippen LogP contribution is 2.36. The third-order valence-corrected chi connectivity index (χ3v) is 7.66. The number of hydrogen-bond acceptors (Lipinski definition) is 5. The van der Waals surface area contributed by atoms with Gasteiger partial charge in [-0.1, -0.05) is 71.4 Å². The Kier molecular flexibility index (Phi) is 9.71. The average molecular weight is 544 g/mol. The lowest BCUT2D eigenvalue weighted by Gasteiger charge is -2.11. The first kappa shape index (κ1) is 28.3. The van der Waals surface area contributed by atoms with Crippen LogP contribution in [-0.4, -0.2) is 42.0 Å². The van der Waals surface area contributed by atoms with E-state index in [9.17, 15) is 4.79 Å². The Morgan fingerprint density at radius 1 is 0.872 bits per heavy atom. The second kappa shape index (κ2) is 13.4. The minimum absolute atomic E-state index is 0.133. The van der Waals surface area contributed by atoms with Gasteiger partial charge in [0, 0.05) is 41.6 Å². The average Bonchev–Trinajstić information content (AvgIpc) is 3.33. The number of nitrogens with zero attached hydrogens (tertiary/aromatic N) is 2. The Bertz CT molecular complexity index is 1370. The fourth-order valence-corrected chi connectivity index (χ4v) is 5.45. The van der Waals surface area contributed by atoms with Crippen LogP contribution in [0.5, 0.6) is 11.5 Å². The number of rotatable bonds is 12. The Morgan fingerprint density at radius 3 is 2.03 bits per heavy atom. The van der Waals surface area contributed by atoms with Crippen molar-refractivity contribution in [1.82, 2.24) is 14.9 Å². The van der Waals surface area contributed by atoms with Crippen molar-refractivity contribution in [2.24, 2.45) is 0 Å². The zero-order valence-corrected chi connectivity index (χ0v) is 24.2. The molecule has 7 heteroatoms. The Hall–Kier alpha value is -3.71. The van der Waals surface area contributed by atoms with Gasteiger partial charge >= 0.3 is 0 Å². The Labute approximate surface area is 235 Å². The Morgan fingerprint density at radius 2 is 1.46 bits per heavy atom. The van der Waals surface area contributed by atoms with Gasteiger partial charge in [0.1, 0.15) is 11.5 Å². The highest BCUT2D eigenvalue weighted by Gasteiger charge is 2.19. The van der Waals surface area contributed by atoms with E-state index in [4.69, 9.17) is 14.5 Å². The molecule has 1 aromatic heterocycles. The molecule has 0 radical (unpaired) electrons. The van der Waals surface area contributed by atoms with E-state index in [0.29, 0.717) is 23.6 Å². The van der Waals surface area contributed by atoms with E-state index >= 15 is 0 Å². The summed E-state index contributed by atoms with van der Waals surface area (Å²) in [4.78, 5) is 17.8. The zero-order valence-electron chi connectivity index (χ0n) is 23.4. The first-order valence-corrected chi connectivity index (χ1v) is 14.3. The largest absolute Gasteiger partial charge is 0.497 e. The van der Waals surface area contributed by atoms with Gasteiger partial charge in [0.05, 0.1) is 25.6 Å². The molecule has 39 heavy (non-hydrogen) atoms. The van der Waals surface area contributed by atoms with E-state index in [1.807, 2.05) is 0 Å². The monoisotopic (exact) mass is 543 g/mol. The molecule has 0 aliphatic heterocycles. The number of unbranched alkanes of at least 4 members (excludes halogenated alkanes) is 1. The van der Waals surface area contributed by atoms with Crippen molar-refractivity contribution in [3.63, 3.8) is 0 Å². The topological polar surface area (TPSA) is 65.4 Å². The molecule has 0 aliphatic rings. The fraction of sp³-hybridized carbons (Fsp3) is 0.312. The van der Waals surface area contributed by atoms with Gasteiger partial charge in [-0.05, 0) is 45.7 Å². The van der Waals surface area contributed by atoms with Crippen molar-refractivity contribution >= 4 is 17.7 Å². The van der Waals surface area contributed by atoms with E-state index in [0.717, 1.165) is 47.2 Å². The van der Waals surface area contributed by atoms with Crippen LogP contribution in [0.1, 0.15) is 41.3 Å².